The first-order valence-corrected chi connectivity index (χ1v) is 5.43. The molecule has 2 heterocycles. The molecule has 1 amide bonds. The Labute approximate surface area is 104 Å². The molecule has 0 radical (unpaired) electrons. The summed E-state index contributed by atoms with van der Waals surface area (Å²) in [4.78, 5) is 26.4. The maximum Gasteiger partial charge on any atom is 0.276 e. The Kier molecular flexibility index (Phi) is 3.29. The SMILES string of the molecule is O=C(Nc1ccncc1Br)c1ccc(=O)[nH]n1. The van der Waals surface area contributed by atoms with Crippen LogP contribution in [0.3, 0.4) is 0 Å². The number of anilines is 1. The Balaban J connectivity index is 2.20. The van der Waals surface area contributed by atoms with E-state index >= 15 is 0 Å². The number of nitrogens with one attached hydrogen (secondary N) is 2. The summed E-state index contributed by atoms with van der Waals surface area (Å²) in [6.45, 7) is 0. The van der Waals surface area contributed by atoms with Gasteiger partial charge < -0.3 is 5.32 Å². The lowest BCUT2D eigenvalue weighted by Gasteiger charge is -2.05. The number of hydrogen-bond acceptors (Lipinski definition) is 4. The Morgan fingerprint density at radius 2 is 2.18 bits per heavy atom. The summed E-state index contributed by atoms with van der Waals surface area (Å²) in [7, 11) is 0. The van der Waals surface area contributed by atoms with Gasteiger partial charge in [-0.25, -0.2) is 5.10 Å². The number of aromatic amines is 1. The Bertz CT molecular complexity index is 591. The molecular formula is C10H7BrN4O2. The highest BCUT2D eigenvalue weighted by Crippen LogP contribution is 2.20. The van der Waals surface area contributed by atoms with Crippen LogP contribution in [0.25, 0.3) is 0 Å². The average Bonchev–Trinajstić information content (AvgIpc) is 2.33. The van der Waals surface area contributed by atoms with Gasteiger partial charge in [-0.3, -0.25) is 14.6 Å². The summed E-state index contributed by atoms with van der Waals surface area (Å²) in [6.07, 6.45) is 3.12. The van der Waals surface area contributed by atoms with Crippen molar-refractivity contribution < 1.29 is 4.79 Å². The van der Waals surface area contributed by atoms with Crippen LogP contribution in [-0.4, -0.2) is 21.1 Å². The highest BCUT2D eigenvalue weighted by molar-refractivity contribution is 9.10. The minimum absolute atomic E-state index is 0.133. The third kappa shape index (κ3) is 2.76. The van der Waals surface area contributed by atoms with Gasteiger partial charge in [0.05, 0.1) is 10.2 Å². The largest absolute Gasteiger partial charge is 0.319 e. The van der Waals surface area contributed by atoms with Gasteiger partial charge in [0.2, 0.25) is 0 Å². The molecule has 6 nitrogen and oxygen atoms in total. The molecule has 0 saturated carbocycles. The lowest BCUT2D eigenvalue weighted by molar-refractivity contribution is 0.102. The van der Waals surface area contributed by atoms with Crippen LogP contribution >= 0.6 is 15.9 Å². The number of halogens is 1. The molecule has 0 aliphatic rings. The lowest BCUT2D eigenvalue weighted by atomic mass is 10.3. The van der Waals surface area contributed by atoms with E-state index in [1.807, 2.05) is 0 Å². The van der Waals surface area contributed by atoms with Crippen molar-refractivity contribution in [1.29, 1.82) is 0 Å². The van der Waals surface area contributed by atoms with Crippen LogP contribution in [0.1, 0.15) is 10.5 Å². The molecule has 0 bridgehead atoms. The molecule has 86 valence electrons. The van der Waals surface area contributed by atoms with Crippen LogP contribution in [0, 0.1) is 0 Å². The Morgan fingerprint density at radius 1 is 1.35 bits per heavy atom. The zero-order valence-electron chi connectivity index (χ0n) is 8.48. The predicted molar refractivity (Wildman–Crippen MR) is 64.7 cm³/mol. The van der Waals surface area contributed by atoms with Gasteiger partial charge in [0.25, 0.3) is 11.5 Å². The maximum atomic E-state index is 11.7. The van der Waals surface area contributed by atoms with E-state index in [-0.39, 0.29) is 11.3 Å². The molecule has 7 heteroatoms. The van der Waals surface area contributed by atoms with E-state index in [1.165, 1.54) is 12.1 Å². The van der Waals surface area contributed by atoms with Gasteiger partial charge in [-0.15, -0.1) is 0 Å². The summed E-state index contributed by atoms with van der Waals surface area (Å²) in [5.41, 5.74) is 0.359. The normalized spacial score (nSPS) is 9.94. The molecule has 0 saturated heterocycles. The topological polar surface area (TPSA) is 87.7 Å². The van der Waals surface area contributed by atoms with Crippen LogP contribution in [0.5, 0.6) is 0 Å². The molecule has 0 aliphatic carbocycles. The molecular weight excluding hydrogens is 288 g/mol. The zero-order valence-corrected chi connectivity index (χ0v) is 10.1. The standard InChI is InChI=1S/C10H7BrN4O2/c11-6-5-12-4-3-7(6)13-10(17)8-1-2-9(16)15-14-8/h1-5H,(H,15,16)(H,12,13,17). The summed E-state index contributed by atoms with van der Waals surface area (Å²) in [5.74, 6) is -0.409. The van der Waals surface area contributed by atoms with Crippen molar-refractivity contribution in [2.24, 2.45) is 0 Å². The maximum absolute atomic E-state index is 11.7. The number of hydrogen-bond donors (Lipinski definition) is 2. The van der Waals surface area contributed by atoms with Crippen molar-refractivity contribution in [3.63, 3.8) is 0 Å². The van der Waals surface area contributed by atoms with Crippen LogP contribution in [-0.2, 0) is 0 Å². The highest BCUT2D eigenvalue weighted by Gasteiger charge is 2.09. The predicted octanol–water partition coefficient (Wildman–Crippen LogP) is 1.18. The Hall–Kier alpha value is -2.02. The number of amides is 1. The number of rotatable bonds is 2. The first-order valence-electron chi connectivity index (χ1n) is 4.63. The van der Waals surface area contributed by atoms with Crippen molar-refractivity contribution in [2.75, 3.05) is 5.32 Å². The molecule has 2 aromatic rings. The minimum atomic E-state index is -0.409. The number of carbonyl (C=O) groups excluding carboxylic acids is 1. The molecule has 2 aromatic heterocycles. The third-order valence-electron chi connectivity index (χ3n) is 1.93. The smallest absolute Gasteiger partial charge is 0.276 e. The van der Waals surface area contributed by atoms with E-state index < -0.39 is 5.91 Å². The van der Waals surface area contributed by atoms with Crippen molar-refractivity contribution in [3.8, 4) is 0 Å². The summed E-state index contributed by atoms with van der Waals surface area (Å²) in [6, 6.07) is 4.24. The Morgan fingerprint density at radius 3 is 2.82 bits per heavy atom. The van der Waals surface area contributed by atoms with Gasteiger partial charge in [0.15, 0.2) is 0 Å². The molecule has 0 unspecified atom stereocenters. The van der Waals surface area contributed by atoms with Gasteiger partial charge in [-0.05, 0) is 28.1 Å². The number of H-pyrrole nitrogens is 1. The first kappa shape index (κ1) is 11.5. The van der Waals surface area contributed by atoms with Crippen LogP contribution in [0.15, 0.2) is 39.9 Å². The summed E-state index contributed by atoms with van der Waals surface area (Å²) in [5, 5.41) is 8.45. The second-order valence-electron chi connectivity index (χ2n) is 3.12. The van der Waals surface area contributed by atoms with Crippen molar-refractivity contribution in [1.82, 2.24) is 15.2 Å². The molecule has 2 N–H and O–H groups in total. The molecule has 0 spiro atoms. The summed E-state index contributed by atoms with van der Waals surface area (Å²) >= 11 is 3.25. The number of nitrogens with zero attached hydrogens (tertiary/aromatic N) is 2. The van der Waals surface area contributed by atoms with Crippen molar-refractivity contribution in [3.05, 3.63) is 51.1 Å². The molecule has 0 atom stereocenters. The van der Waals surface area contributed by atoms with E-state index in [0.29, 0.717) is 10.2 Å². The fourth-order valence-electron chi connectivity index (χ4n) is 1.13. The van der Waals surface area contributed by atoms with Gasteiger partial charge in [-0.1, -0.05) is 0 Å². The number of carbonyl (C=O) groups is 1. The molecule has 17 heavy (non-hydrogen) atoms. The molecule has 0 aliphatic heterocycles. The first-order chi connectivity index (χ1) is 8.16. The second kappa shape index (κ2) is 4.88. The van der Waals surface area contributed by atoms with Gasteiger partial charge >= 0.3 is 0 Å². The molecule has 0 fully saturated rings. The van der Waals surface area contributed by atoms with Gasteiger partial charge in [0.1, 0.15) is 5.69 Å². The van der Waals surface area contributed by atoms with E-state index in [0.717, 1.165) is 0 Å². The van der Waals surface area contributed by atoms with E-state index in [4.69, 9.17) is 0 Å². The van der Waals surface area contributed by atoms with E-state index in [1.54, 1.807) is 18.5 Å². The molecule has 0 aromatic carbocycles. The number of aromatic nitrogens is 3. The monoisotopic (exact) mass is 294 g/mol. The zero-order chi connectivity index (χ0) is 12.3. The summed E-state index contributed by atoms with van der Waals surface area (Å²) < 4.78 is 0.665. The number of pyridine rings is 1. The van der Waals surface area contributed by atoms with Gasteiger partial charge in [-0.2, -0.15) is 5.10 Å². The highest BCUT2D eigenvalue weighted by atomic mass is 79.9. The third-order valence-corrected chi connectivity index (χ3v) is 2.56. The van der Waals surface area contributed by atoms with Crippen molar-refractivity contribution in [2.45, 2.75) is 0 Å². The van der Waals surface area contributed by atoms with E-state index in [9.17, 15) is 9.59 Å². The van der Waals surface area contributed by atoms with Crippen LogP contribution < -0.4 is 10.9 Å². The van der Waals surface area contributed by atoms with Crippen LogP contribution in [0.2, 0.25) is 0 Å². The molecule has 2 rings (SSSR count). The minimum Gasteiger partial charge on any atom is -0.319 e. The lowest BCUT2D eigenvalue weighted by Crippen LogP contribution is -2.17. The fourth-order valence-corrected chi connectivity index (χ4v) is 1.48. The average molecular weight is 295 g/mol. The quantitative estimate of drug-likeness (QED) is 0.871. The second-order valence-corrected chi connectivity index (χ2v) is 3.97. The van der Waals surface area contributed by atoms with E-state index in [2.05, 4.69) is 36.4 Å². The van der Waals surface area contributed by atoms with Gasteiger partial charge in [0, 0.05) is 18.5 Å². The van der Waals surface area contributed by atoms with Crippen LogP contribution in [0.4, 0.5) is 5.69 Å². The van der Waals surface area contributed by atoms with Crippen molar-refractivity contribution >= 4 is 27.5 Å². The fraction of sp³-hybridized carbons (Fsp3) is 0.